The minimum absolute atomic E-state index is 0.0500. The second kappa shape index (κ2) is 10.2. The highest BCUT2D eigenvalue weighted by molar-refractivity contribution is 6.20. The van der Waals surface area contributed by atoms with Crippen LogP contribution in [0.1, 0.15) is 64.2 Å². The van der Waals surface area contributed by atoms with Gasteiger partial charge < -0.3 is 19.9 Å². The van der Waals surface area contributed by atoms with E-state index in [-0.39, 0.29) is 35.8 Å². The van der Waals surface area contributed by atoms with E-state index in [1.807, 2.05) is 0 Å². The molecule has 1 N–H and O–H groups in total. The molecule has 0 aromatic carbocycles. The van der Waals surface area contributed by atoms with E-state index in [9.17, 15) is 9.59 Å². The third kappa shape index (κ3) is 4.45. The van der Waals surface area contributed by atoms with Crippen LogP contribution in [-0.2, 0) is 14.3 Å². The molecule has 9 nitrogen and oxygen atoms in total. The van der Waals surface area contributed by atoms with Gasteiger partial charge in [0.1, 0.15) is 6.17 Å². The number of morpholine rings is 1. The first-order chi connectivity index (χ1) is 18.0. The summed E-state index contributed by atoms with van der Waals surface area (Å²) in [6, 6.07) is -0.858. The van der Waals surface area contributed by atoms with E-state index in [1.165, 1.54) is 32.1 Å². The van der Waals surface area contributed by atoms with Crippen LogP contribution in [0.4, 0.5) is 4.39 Å². The summed E-state index contributed by atoms with van der Waals surface area (Å²) in [6.45, 7) is 1.59. The summed E-state index contributed by atoms with van der Waals surface area (Å²) in [5, 5.41) is 6.78. The Morgan fingerprint density at radius 2 is 2.00 bits per heavy atom. The Balaban J connectivity index is 1.27. The summed E-state index contributed by atoms with van der Waals surface area (Å²) in [5.74, 6) is -0.135. The van der Waals surface area contributed by atoms with Gasteiger partial charge in [-0.3, -0.25) is 9.59 Å². The topological polar surface area (TPSA) is 111 Å². The van der Waals surface area contributed by atoms with Crippen molar-refractivity contribution in [3.05, 3.63) is 22.2 Å². The molecule has 0 bridgehead atoms. The highest BCUT2D eigenvalue weighted by Gasteiger charge is 2.59. The van der Waals surface area contributed by atoms with Crippen LogP contribution in [0.3, 0.4) is 0 Å². The van der Waals surface area contributed by atoms with Crippen LogP contribution in [0.25, 0.3) is 10.4 Å². The van der Waals surface area contributed by atoms with Crippen molar-refractivity contribution in [1.29, 1.82) is 0 Å². The monoisotopic (exact) mass is 514 g/mol. The third-order valence-electron chi connectivity index (χ3n) is 10.3. The number of fused-ring (bicyclic) bond motifs is 3. The lowest BCUT2D eigenvalue weighted by Crippen LogP contribution is -2.71. The third-order valence-corrected chi connectivity index (χ3v) is 10.3. The van der Waals surface area contributed by atoms with Gasteiger partial charge >= 0.3 is 0 Å². The summed E-state index contributed by atoms with van der Waals surface area (Å²) in [5.41, 5.74) is 9.29. The maximum atomic E-state index is 15.4. The second-order valence-electron chi connectivity index (χ2n) is 12.2. The molecule has 0 aromatic rings. The second-order valence-corrected chi connectivity index (χ2v) is 12.2. The van der Waals surface area contributed by atoms with Crippen LogP contribution in [0, 0.1) is 17.8 Å². The normalized spacial score (nSPS) is 43.1. The van der Waals surface area contributed by atoms with Gasteiger partial charge in [-0.1, -0.05) is 30.8 Å². The van der Waals surface area contributed by atoms with Gasteiger partial charge in [-0.25, -0.2) is 4.39 Å². The number of carbonyl (C=O) groups excluding carboxylic acids is 2. The summed E-state index contributed by atoms with van der Waals surface area (Å²) in [7, 11) is 2.11. The van der Waals surface area contributed by atoms with E-state index in [0.29, 0.717) is 24.4 Å². The van der Waals surface area contributed by atoms with Crippen LogP contribution in [-0.4, -0.2) is 84.2 Å². The van der Waals surface area contributed by atoms with Crippen molar-refractivity contribution in [2.45, 2.75) is 107 Å². The highest BCUT2D eigenvalue weighted by Crippen LogP contribution is 2.50. The zero-order valence-electron chi connectivity index (χ0n) is 21.7. The summed E-state index contributed by atoms with van der Waals surface area (Å²) in [4.78, 5) is 34.3. The Hall–Kier alpha value is -2.16. The van der Waals surface area contributed by atoms with Crippen molar-refractivity contribution >= 4 is 11.7 Å². The Kier molecular flexibility index (Phi) is 6.92. The molecule has 6 aliphatic rings. The molecule has 9 unspecified atom stereocenters. The highest BCUT2D eigenvalue weighted by atomic mass is 19.1. The molecule has 2 saturated heterocycles. The lowest BCUT2D eigenvalue weighted by atomic mass is 9.65. The van der Waals surface area contributed by atoms with Crippen LogP contribution in [0.2, 0.25) is 0 Å². The lowest BCUT2D eigenvalue weighted by Gasteiger charge is -2.60. The number of hydrogen-bond acceptors (Lipinski definition) is 6. The summed E-state index contributed by atoms with van der Waals surface area (Å²) in [6.07, 6.45) is 9.32. The van der Waals surface area contributed by atoms with E-state index >= 15 is 4.39 Å². The number of Topliss-reactive ketones (excluding diaryl/α,β-unsaturated/α-hetero) is 1. The van der Waals surface area contributed by atoms with Crippen LogP contribution in [0.5, 0.6) is 0 Å². The van der Waals surface area contributed by atoms with Crippen molar-refractivity contribution < 1.29 is 18.7 Å². The molecule has 202 valence electrons. The van der Waals surface area contributed by atoms with Crippen molar-refractivity contribution in [2.24, 2.45) is 22.9 Å². The average molecular weight is 515 g/mol. The maximum absolute atomic E-state index is 15.4. The number of nitrogens with one attached hydrogen (secondary N) is 1. The molecule has 5 fully saturated rings. The first-order valence-electron chi connectivity index (χ1n) is 14.3. The zero-order chi connectivity index (χ0) is 25.7. The Morgan fingerprint density at radius 1 is 1.22 bits per heavy atom. The fraction of sp³-hybridized carbons (Fsp3) is 0.852. The molecule has 0 radical (unpaired) electrons. The lowest BCUT2D eigenvalue weighted by molar-refractivity contribution is -0.204. The molecule has 3 heterocycles. The molecule has 6 rings (SSSR count). The number of carbonyl (C=O) groups is 2. The van der Waals surface area contributed by atoms with Gasteiger partial charge in [0.25, 0.3) is 5.91 Å². The molecule has 10 heteroatoms. The van der Waals surface area contributed by atoms with Crippen molar-refractivity contribution in [1.82, 2.24) is 15.1 Å². The number of likely N-dealkylation sites (tertiary alicyclic amines) is 1. The first kappa shape index (κ1) is 25.1. The van der Waals surface area contributed by atoms with Gasteiger partial charge in [0.2, 0.25) is 0 Å². The Labute approximate surface area is 217 Å². The number of halogens is 1. The minimum atomic E-state index is -1.48. The molecule has 37 heavy (non-hydrogen) atoms. The number of nitrogens with zero attached hydrogens (tertiary/aromatic N) is 5. The van der Waals surface area contributed by atoms with Crippen molar-refractivity contribution in [3.8, 4) is 0 Å². The standard InChI is InChI=1S/C27H39FN6O3/c1-33-10-4-7-17(33)8-9-30-27(36)19-14-34-21-11-15-5-2-3-6-16(15)12-22(21)37-26-23(31-32-29)20(28)13-18(24(26)34)25(19)35/h14-18,20-24,26H,2-13H2,1H3,(H,30,36)/t15?,16?,17-,18?,20?,21?,22?,23?,24?,26?/m0/s1. The van der Waals surface area contributed by atoms with E-state index in [0.717, 1.165) is 32.2 Å². The van der Waals surface area contributed by atoms with Gasteiger partial charge in [-0.05, 0) is 69.5 Å². The molecular weight excluding hydrogens is 475 g/mol. The predicted molar refractivity (Wildman–Crippen MR) is 135 cm³/mol. The first-order valence-corrected chi connectivity index (χ1v) is 14.3. The fourth-order valence-electron chi connectivity index (χ4n) is 8.42. The Morgan fingerprint density at radius 3 is 2.73 bits per heavy atom. The number of amides is 1. The van der Waals surface area contributed by atoms with Crippen LogP contribution >= 0.6 is 0 Å². The van der Waals surface area contributed by atoms with Gasteiger partial charge in [0.15, 0.2) is 5.78 Å². The van der Waals surface area contributed by atoms with Gasteiger partial charge in [0, 0.05) is 29.6 Å². The van der Waals surface area contributed by atoms with Crippen molar-refractivity contribution in [2.75, 3.05) is 20.1 Å². The molecular formula is C27H39FN6O3. The molecule has 3 aliphatic carbocycles. The van der Waals surface area contributed by atoms with E-state index < -0.39 is 30.3 Å². The molecule has 3 saturated carbocycles. The predicted octanol–water partition coefficient (Wildman–Crippen LogP) is 3.50. The van der Waals surface area contributed by atoms with Crippen LogP contribution < -0.4 is 5.32 Å². The minimum Gasteiger partial charge on any atom is -0.370 e. The van der Waals surface area contributed by atoms with Crippen LogP contribution in [0.15, 0.2) is 16.9 Å². The molecule has 3 aliphatic heterocycles. The molecule has 1 amide bonds. The van der Waals surface area contributed by atoms with Gasteiger partial charge in [-0.15, -0.1) is 0 Å². The SMILES string of the molecule is CN1CCC[C@H]1CCNC(=O)C1=CN2C3CC4CCCCC4CC3OC3C(N=[N+]=[N-])C(F)CC(C1=O)C32. The van der Waals surface area contributed by atoms with E-state index in [1.54, 1.807) is 6.20 Å². The largest absolute Gasteiger partial charge is 0.370 e. The average Bonchev–Trinajstić information content (AvgIpc) is 3.30. The zero-order valence-corrected chi connectivity index (χ0v) is 21.7. The summed E-state index contributed by atoms with van der Waals surface area (Å²) >= 11 is 0. The molecule has 0 aromatic heterocycles. The van der Waals surface area contributed by atoms with Gasteiger partial charge in [-0.2, -0.15) is 0 Å². The molecule has 0 spiro atoms. The van der Waals surface area contributed by atoms with Gasteiger partial charge in [0.05, 0.1) is 35.9 Å². The molecule has 10 atom stereocenters. The fourth-order valence-corrected chi connectivity index (χ4v) is 8.42. The summed E-state index contributed by atoms with van der Waals surface area (Å²) < 4.78 is 21.9. The Bertz CT molecular complexity index is 1000. The number of azide groups is 1. The smallest absolute Gasteiger partial charge is 0.256 e. The number of rotatable bonds is 5. The number of ketones is 1. The quantitative estimate of drug-likeness (QED) is 0.261. The van der Waals surface area contributed by atoms with E-state index in [2.05, 4.69) is 32.2 Å². The maximum Gasteiger partial charge on any atom is 0.256 e. The van der Waals surface area contributed by atoms with Crippen molar-refractivity contribution in [3.63, 3.8) is 0 Å². The number of hydrogen-bond donors (Lipinski definition) is 1. The number of alkyl halides is 1. The number of ether oxygens (including phenoxy) is 1. The van der Waals surface area contributed by atoms with E-state index in [4.69, 9.17) is 10.3 Å².